The second-order valence-electron chi connectivity index (χ2n) is 9.39. The van der Waals surface area contributed by atoms with Crippen molar-refractivity contribution in [2.75, 3.05) is 44.5 Å². The predicted molar refractivity (Wildman–Crippen MR) is 140 cm³/mol. The van der Waals surface area contributed by atoms with E-state index in [1.807, 2.05) is 30.3 Å². The Morgan fingerprint density at radius 3 is 2.57 bits per heavy atom. The molecule has 37 heavy (non-hydrogen) atoms. The summed E-state index contributed by atoms with van der Waals surface area (Å²) in [5.74, 6) is 0.607. The molecule has 0 amide bonds. The molecule has 10 heteroatoms. The van der Waals surface area contributed by atoms with Crippen molar-refractivity contribution in [3.8, 4) is 17.0 Å². The maximum absolute atomic E-state index is 13.9. The van der Waals surface area contributed by atoms with Crippen molar-refractivity contribution in [1.29, 1.82) is 0 Å². The monoisotopic (exact) mass is 510 g/mol. The molecule has 0 unspecified atom stereocenters. The van der Waals surface area contributed by atoms with Gasteiger partial charge < -0.3 is 24.8 Å². The van der Waals surface area contributed by atoms with Gasteiger partial charge in [0, 0.05) is 59.7 Å². The molecular formula is C27H29F3N6O. The van der Waals surface area contributed by atoms with E-state index in [9.17, 15) is 13.2 Å². The first-order valence-electron chi connectivity index (χ1n) is 12.1. The third kappa shape index (κ3) is 5.06. The van der Waals surface area contributed by atoms with Gasteiger partial charge in [0.1, 0.15) is 11.3 Å². The molecule has 0 radical (unpaired) electrons. The van der Waals surface area contributed by atoms with Gasteiger partial charge in [0.05, 0.1) is 18.5 Å². The number of anilines is 3. The van der Waals surface area contributed by atoms with Gasteiger partial charge in [-0.25, -0.2) is 9.97 Å². The number of aromatic nitrogens is 3. The summed E-state index contributed by atoms with van der Waals surface area (Å²) >= 11 is 0. The van der Waals surface area contributed by atoms with Crippen molar-refractivity contribution in [3.05, 3.63) is 60.4 Å². The van der Waals surface area contributed by atoms with Crippen molar-refractivity contribution < 1.29 is 17.9 Å². The summed E-state index contributed by atoms with van der Waals surface area (Å²) in [6, 6.07) is 13.5. The third-order valence-corrected chi connectivity index (χ3v) is 6.93. The number of piperidine rings is 1. The second kappa shape index (κ2) is 9.93. The maximum Gasteiger partial charge on any atom is 0.419 e. The Morgan fingerprint density at radius 2 is 1.86 bits per heavy atom. The smallest absolute Gasteiger partial charge is 0.419 e. The lowest BCUT2D eigenvalue weighted by Gasteiger charge is -2.36. The minimum atomic E-state index is -4.61. The summed E-state index contributed by atoms with van der Waals surface area (Å²) in [5.41, 5.74) is 1.60. The maximum atomic E-state index is 13.9. The fourth-order valence-corrected chi connectivity index (χ4v) is 4.86. The van der Waals surface area contributed by atoms with Crippen molar-refractivity contribution >= 4 is 28.2 Å². The van der Waals surface area contributed by atoms with Gasteiger partial charge in [0.2, 0.25) is 5.95 Å². The van der Waals surface area contributed by atoms with E-state index in [0.717, 1.165) is 43.3 Å². The van der Waals surface area contributed by atoms with Crippen LogP contribution in [0.1, 0.15) is 18.4 Å². The SMILES string of the molecule is COc1cc(N2CCC(N(C)C)CC2)ccc1Nc1ncc(C(F)(F)F)c(-c2c[nH]c3ccccc23)n1. The summed E-state index contributed by atoms with van der Waals surface area (Å²) in [5, 5.41) is 3.71. The molecule has 3 heterocycles. The van der Waals surface area contributed by atoms with Crippen LogP contribution in [0.4, 0.5) is 30.5 Å². The number of fused-ring (bicyclic) bond motifs is 1. The molecule has 0 bridgehead atoms. The van der Waals surface area contributed by atoms with E-state index in [2.05, 4.69) is 44.2 Å². The highest BCUT2D eigenvalue weighted by molar-refractivity contribution is 5.95. The lowest BCUT2D eigenvalue weighted by atomic mass is 10.0. The molecule has 7 nitrogen and oxygen atoms in total. The summed E-state index contributed by atoms with van der Waals surface area (Å²) in [6.07, 6.45) is -0.0919. The van der Waals surface area contributed by atoms with E-state index in [4.69, 9.17) is 4.74 Å². The quantitative estimate of drug-likeness (QED) is 0.335. The largest absolute Gasteiger partial charge is 0.494 e. The molecule has 2 aromatic heterocycles. The Kier molecular flexibility index (Phi) is 6.68. The fourth-order valence-electron chi connectivity index (χ4n) is 4.86. The first-order valence-corrected chi connectivity index (χ1v) is 12.1. The number of nitrogens with zero attached hydrogens (tertiary/aromatic N) is 4. The minimum Gasteiger partial charge on any atom is -0.494 e. The zero-order chi connectivity index (χ0) is 26.2. The van der Waals surface area contributed by atoms with E-state index >= 15 is 0 Å². The summed E-state index contributed by atoms with van der Waals surface area (Å²) in [4.78, 5) is 15.9. The third-order valence-electron chi connectivity index (χ3n) is 6.93. The lowest BCUT2D eigenvalue weighted by molar-refractivity contribution is -0.137. The van der Waals surface area contributed by atoms with Crippen LogP contribution in [-0.2, 0) is 6.18 Å². The topological polar surface area (TPSA) is 69.3 Å². The van der Waals surface area contributed by atoms with Crippen molar-refractivity contribution in [2.45, 2.75) is 25.1 Å². The van der Waals surface area contributed by atoms with E-state index in [1.165, 1.54) is 0 Å². The van der Waals surface area contributed by atoms with Crippen molar-refractivity contribution in [2.24, 2.45) is 0 Å². The van der Waals surface area contributed by atoms with Crippen LogP contribution in [0.2, 0.25) is 0 Å². The van der Waals surface area contributed by atoms with E-state index in [0.29, 0.717) is 28.4 Å². The van der Waals surface area contributed by atoms with Crippen LogP contribution in [0.15, 0.2) is 54.9 Å². The van der Waals surface area contributed by atoms with E-state index in [-0.39, 0.29) is 11.6 Å². The number of alkyl halides is 3. The molecule has 1 fully saturated rings. The van der Waals surface area contributed by atoms with Crippen LogP contribution in [0.5, 0.6) is 5.75 Å². The first-order chi connectivity index (χ1) is 17.7. The number of para-hydroxylation sites is 1. The number of hydrogen-bond acceptors (Lipinski definition) is 6. The van der Waals surface area contributed by atoms with Crippen LogP contribution in [0.3, 0.4) is 0 Å². The zero-order valence-corrected chi connectivity index (χ0v) is 20.9. The highest BCUT2D eigenvalue weighted by Gasteiger charge is 2.36. The first kappa shape index (κ1) is 24.9. The average Bonchev–Trinajstić information content (AvgIpc) is 3.32. The van der Waals surface area contributed by atoms with Crippen LogP contribution in [0.25, 0.3) is 22.2 Å². The van der Waals surface area contributed by atoms with Crippen LogP contribution in [-0.4, -0.2) is 60.2 Å². The molecular weight excluding hydrogens is 481 g/mol. The van der Waals surface area contributed by atoms with Crippen molar-refractivity contribution in [3.63, 3.8) is 0 Å². The number of nitrogens with one attached hydrogen (secondary N) is 2. The molecule has 0 spiro atoms. The summed E-state index contributed by atoms with van der Waals surface area (Å²) in [7, 11) is 5.78. The van der Waals surface area contributed by atoms with Gasteiger partial charge in [-0.3, -0.25) is 0 Å². The van der Waals surface area contributed by atoms with Gasteiger partial charge in [0.25, 0.3) is 0 Å². The number of halogens is 3. The van der Waals surface area contributed by atoms with Crippen molar-refractivity contribution in [1.82, 2.24) is 19.9 Å². The molecule has 194 valence electrons. The highest BCUT2D eigenvalue weighted by Crippen LogP contribution is 2.39. The molecule has 1 aliphatic rings. The molecule has 2 N–H and O–H groups in total. The molecule has 0 aliphatic carbocycles. The number of hydrogen-bond donors (Lipinski definition) is 2. The van der Waals surface area contributed by atoms with E-state index < -0.39 is 11.7 Å². The lowest BCUT2D eigenvalue weighted by Crippen LogP contribution is -2.41. The van der Waals surface area contributed by atoms with E-state index in [1.54, 1.807) is 25.4 Å². The molecule has 1 saturated heterocycles. The summed E-state index contributed by atoms with van der Waals surface area (Å²) < 4.78 is 47.2. The molecule has 1 aliphatic heterocycles. The standard InChI is InChI=1S/C27H29F3N6O/c1-35(2)17-10-12-36(13-11-17)18-8-9-23(24(14-18)37-3)33-26-32-16-21(27(28,29)30)25(34-26)20-15-31-22-7-5-4-6-19(20)22/h4-9,14-17,31H,10-13H2,1-3H3,(H,32,33,34). The van der Waals surface area contributed by atoms with Gasteiger partial charge in [-0.1, -0.05) is 18.2 Å². The molecule has 4 aromatic rings. The minimum absolute atomic E-state index is 0.0473. The predicted octanol–water partition coefficient (Wildman–Crippen LogP) is 5.93. The Hall–Kier alpha value is -3.79. The van der Waals surface area contributed by atoms with Gasteiger partial charge in [-0.15, -0.1) is 0 Å². The Labute approximate surface area is 213 Å². The fraction of sp³-hybridized carbons (Fsp3) is 0.333. The van der Waals surface area contributed by atoms with Crippen LogP contribution >= 0.6 is 0 Å². The van der Waals surface area contributed by atoms with Crippen LogP contribution < -0.4 is 15.0 Å². The Morgan fingerprint density at radius 1 is 1.11 bits per heavy atom. The average molecular weight is 511 g/mol. The number of rotatable bonds is 6. The highest BCUT2D eigenvalue weighted by atomic mass is 19.4. The molecule has 2 aromatic carbocycles. The molecule has 5 rings (SSSR count). The normalized spacial score (nSPS) is 14.9. The number of aromatic amines is 1. The Balaban J connectivity index is 1.45. The molecule has 0 atom stereocenters. The Bertz CT molecular complexity index is 1390. The van der Waals surface area contributed by atoms with Gasteiger partial charge in [0.15, 0.2) is 0 Å². The second-order valence-corrected chi connectivity index (χ2v) is 9.39. The summed E-state index contributed by atoms with van der Waals surface area (Å²) in [6.45, 7) is 1.88. The number of benzene rings is 2. The molecule has 0 saturated carbocycles. The zero-order valence-electron chi connectivity index (χ0n) is 20.9. The number of methoxy groups -OCH3 is 1. The number of H-pyrrole nitrogens is 1. The number of ether oxygens (including phenoxy) is 1. The van der Waals surface area contributed by atoms with Gasteiger partial charge in [-0.2, -0.15) is 13.2 Å². The van der Waals surface area contributed by atoms with Gasteiger partial charge in [-0.05, 0) is 45.1 Å². The van der Waals surface area contributed by atoms with Crippen LogP contribution in [0, 0.1) is 0 Å². The van der Waals surface area contributed by atoms with Gasteiger partial charge >= 0.3 is 6.18 Å².